The molecule has 0 aromatic carbocycles. The number of carbonyl (C=O) groups is 1. The zero-order valence-corrected chi connectivity index (χ0v) is 6.50. The Labute approximate surface area is 67.8 Å². The van der Waals surface area contributed by atoms with Crippen molar-refractivity contribution in [3.05, 3.63) is 17.8 Å². The highest BCUT2D eigenvalue weighted by molar-refractivity contribution is 6.20. The van der Waals surface area contributed by atoms with Crippen LogP contribution >= 0.6 is 11.6 Å². The number of hydrogen-bond donors (Lipinski definition) is 1. The summed E-state index contributed by atoms with van der Waals surface area (Å²) in [5, 5.41) is 8.01. The first-order valence-electron chi connectivity index (χ1n) is 2.94. The van der Waals surface area contributed by atoms with Crippen molar-refractivity contribution < 1.29 is 14.3 Å². The first-order chi connectivity index (χ1) is 5.11. The first-order valence-corrected chi connectivity index (χ1v) is 3.37. The summed E-state index contributed by atoms with van der Waals surface area (Å²) in [6, 6.07) is 0. The van der Waals surface area contributed by atoms with E-state index in [1.807, 2.05) is 0 Å². The molecule has 1 atom stereocenters. The van der Waals surface area contributed by atoms with Crippen molar-refractivity contribution in [2.24, 2.45) is 0 Å². The normalized spacial score (nSPS) is 12.9. The second kappa shape index (κ2) is 2.92. The van der Waals surface area contributed by atoms with E-state index in [0.717, 1.165) is 6.26 Å². The third-order valence-corrected chi connectivity index (χ3v) is 1.27. The van der Waals surface area contributed by atoms with Crippen molar-refractivity contribution >= 4 is 17.6 Å². The van der Waals surface area contributed by atoms with Gasteiger partial charge in [0, 0.05) is 0 Å². The zero-order chi connectivity index (χ0) is 8.43. The fraction of sp³-hybridized carbons (Fsp3) is 0.333. The van der Waals surface area contributed by atoms with E-state index in [0.29, 0.717) is 0 Å². The van der Waals surface area contributed by atoms with Crippen LogP contribution in [0.3, 0.4) is 0 Å². The number of alkyl halides is 1. The van der Waals surface area contributed by atoms with Gasteiger partial charge < -0.3 is 9.52 Å². The molecule has 1 N–H and O–H groups in total. The number of carboxylic acid groups (broad SMARTS) is 1. The summed E-state index contributed by atoms with van der Waals surface area (Å²) in [7, 11) is 0. The molecule has 0 radical (unpaired) electrons. The molecule has 0 saturated carbocycles. The Morgan fingerprint density at radius 3 is 2.82 bits per heavy atom. The largest absolute Gasteiger partial charge is 0.476 e. The summed E-state index contributed by atoms with van der Waals surface area (Å²) in [6.07, 6.45) is 1.07. The lowest BCUT2D eigenvalue weighted by atomic mass is 10.5. The van der Waals surface area contributed by atoms with Gasteiger partial charge in [0.2, 0.25) is 5.89 Å². The van der Waals surface area contributed by atoms with Gasteiger partial charge >= 0.3 is 5.97 Å². The smallest absolute Gasteiger partial charge is 0.357 e. The number of hydrogen-bond acceptors (Lipinski definition) is 3. The summed E-state index contributed by atoms with van der Waals surface area (Å²) in [6.45, 7) is 1.65. The maximum absolute atomic E-state index is 10.3. The van der Waals surface area contributed by atoms with Crippen LogP contribution in [0.5, 0.6) is 0 Å². The second-order valence-corrected chi connectivity index (χ2v) is 2.65. The zero-order valence-electron chi connectivity index (χ0n) is 5.74. The fourth-order valence-corrected chi connectivity index (χ4v) is 0.669. The minimum Gasteiger partial charge on any atom is -0.476 e. The summed E-state index contributed by atoms with van der Waals surface area (Å²) in [5.41, 5.74) is -0.118. The van der Waals surface area contributed by atoms with E-state index in [2.05, 4.69) is 4.98 Å². The van der Waals surface area contributed by atoms with Crippen molar-refractivity contribution in [2.75, 3.05) is 0 Å². The summed E-state index contributed by atoms with van der Waals surface area (Å²) < 4.78 is 4.76. The van der Waals surface area contributed by atoms with Gasteiger partial charge in [-0.15, -0.1) is 11.6 Å². The van der Waals surface area contributed by atoms with Crippen molar-refractivity contribution in [1.82, 2.24) is 4.98 Å². The van der Waals surface area contributed by atoms with Gasteiger partial charge in [-0.25, -0.2) is 9.78 Å². The van der Waals surface area contributed by atoms with Crippen molar-refractivity contribution in [2.45, 2.75) is 12.3 Å². The molecule has 1 heterocycles. The van der Waals surface area contributed by atoms with E-state index in [-0.39, 0.29) is 11.6 Å². The molecule has 0 bridgehead atoms. The average molecular weight is 176 g/mol. The van der Waals surface area contributed by atoms with Crippen molar-refractivity contribution in [1.29, 1.82) is 0 Å². The lowest BCUT2D eigenvalue weighted by molar-refractivity contribution is 0.0690. The predicted octanol–water partition coefficient (Wildman–Crippen LogP) is 1.67. The molecule has 1 aromatic rings. The van der Waals surface area contributed by atoms with Crippen LogP contribution in [0.2, 0.25) is 0 Å². The molecule has 0 amide bonds. The van der Waals surface area contributed by atoms with Crippen LogP contribution in [-0.4, -0.2) is 16.1 Å². The lowest BCUT2D eigenvalue weighted by Gasteiger charge is -1.90. The SMILES string of the molecule is C[C@H](Cl)c1nc(C(=O)O)co1. The summed E-state index contributed by atoms with van der Waals surface area (Å²) in [5.74, 6) is -0.888. The number of carboxylic acids is 1. The van der Waals surface area contributed by atoms with E-state index in [1.165, 1.54) is 0 Å². The van der Waals surface area contributed by atoms with Crippen molar-refractivity contribution in [3.63, 3.8) is 0 Å². The molecule has 11 heavy (non-hydrogen) atoms. The maximum Gasteiger partial charge on any atom is 0.357 e. The molecule has 0 unspecified atom stereocenters. The predicted molar refractivity (Wildman–Crippen MR) is 37.7 cm³/mol. The molecular weight excluding hydrogens is 170 g/mol. The number of rotatable bonds is 2. The van der Waals surface area contributed by atoms with E-state index in [9.17, 15) is 4.79 Å². The van der Waals surface area contributed by atoms with Gasteiger partial charge in [-0.2, -0.15) is 0 Å². The Morgan fingerprint density at radius 1 is 1.91 bits per heavy atom. The Bertz CT molecular complexity index is 269. The van der Waals surface area contributed by atoms with Gasteiger partial charge in [-0.05, 0) is 6.92 Å². The van der Waals surface area contributed by atoms with Gasteiger partial charge in [0.25, 0.3) is 0 Å². The molecular formula is C6H6ClNO3. The molecule has 0 aliphatic rings. The number of halogens is 1. The molecule has 4 nitrogen and oxygen atoms in total. The van der Waals surface area contributed by atoms with Crippen LogP contribution in [0, 0.1) is 0 Å². The van der Waals surface area contributed by atoms with E-state index >= 15 is 0 Å². The number of oxazole rings is 1. The second-order valence-electron chi connectivity index (χ2n) is 1.99. The topological polar surface area (TPSA) is 63.3 Å². The van der Waals surface area contributed by atoms with Gasteiger partial charge in [0.15, 0.2) is 5.69 Å². The minimum atomic E-state index is -1.11. The summed E-state index contributed by atoms with van der Waals surface area (Å²) >= 11 is 5.57. The quantitative estimate of drug-likeness (QED) is 0.695. The molecule has 0 aliphatic heterocycles. The van der Waals surface area contributed by atoms with Crippen LogP contribution in [0.15, 0.2) is 10.7 Å². The molecule has 1 aromatic heterocycles. The maximum atomic E-state index is 10.3. The van der Waals surface area contributed by atoms with Crippen LogP contribution in [0.4, 0.5) is 0 Å². The first kappa shape index (κ1) is 8.07. The number of nitrogens with zero attached hydrogens (tertiary/aromatic N) is 1. The standard InChI is InChI=1S/C6H6ClNO3/c1-3(7)5-8-4(2-11-5)6(9)10/h2-3H,1H3,(H,9,10)/t3-/m0/s1. The Hall–Kier alpha value is -1.03. The Kier molecular flexibility index (Phi) is 2.14. The van der Waals surface area contributed by atoms with Crippen LogP contribution in [0.25, 0.3) is 0 Å². The highest BCUT2D eigenvalue weighted by Gasteiger charge is 2.13. The van der Waals surface area contributed by atoms with Crippen LogP contribution in [-0.2, 0) is 0 Å². The number of aromatic carboxylic acids is 1. The Balaban J connectivity index is 2.90. The van der Waals surface area contributed by atoms with E-state index < -0.39 is 11.3 Å². The molecule has 5 heteroatoms. The minimum absolute atomic E-state index is 0.118. The highest BCUT2D eigenvalue weighted by atomic mass is 35.5. The number of aromatic nitrogens is 1. The fourth-order valence-electron chi connectivity index (χ4n) is 0.569. The van der Waals surface area contributed by atoms with Crippen molar-refractivity contribution in [3.8, 4) is 0 Å². The average Bonchev–Trinajstić information content (AvgIpc) is 2.33. The monoisotopic (exact) mass is 175 g/mol. The highest BCUT2D eigenvalue weighted by Crippen LogP contribution is 2.17. The van der Waals surface area contributed by atoms with Gasteiger partial charge in [-0.1, -0.05) is 0 Å². The third-order valence-electron chi connectivity index (χ3n) is 1.08. The molecule has 0 fully saturated rings. The molecule has 0 spiro atoms. The third kappa shape index (κ3) is 1.71. The molecule has 0 saturated heterocycles. The van der Waals surface area contributed by atoms with Crippen LogP contribution < -0.4 is 0 Å². The van der Waals surface area contributed by atoms with Crippen LogP contribution in [0.1, 0.15) is 28.7 Å². The van der Waals surface area contributed by atoms with E-state index in [1.54, 1.807) is 6.92 Å². The lowest BCUT2D eigenvalue weighted by Crippen LogP contribution is -1.96. The molecule has 1 rings (SSSR count). The Morgan fingerprint density at radius 2 is 2.55 bits per heavy atom. The van der Waals surface area contributed by atoms with Gasteiger partial charge in [0.1, 0.15) is 11.6 Å². The van der Waals surface area contributed by atoms with Gasteiger partial charge in [0.05, 0.1) is 0 Å². The summed E-state index contributed by atoms with van der Waals surface area (Å²) in [4.78, 5) is 13.9. The van der Waals surface area contributed by atoms with Gasteiger partial charge in [-0.3, -0.25) is 0 Å². The molecule has 0 aliphatic carbocycles. The molecule has 60 valence electrons. The van der Waals surface area contributed by atoms with E-state index in [4.69, 9.17) is 21.1 Å².